The van der Waals surface area contributed by atoms with Crippen LogP contribution in [0.5, 0.6) is 0 Å². The van der Waals surface area contributed by atoms with Gasteiger partial charge in [0.2, 0.25) is 4.80 Å². The molecule has 144 valence electrons. The first kappa shape index (κ1) is 19.4. The predicted molar refractivity (Wildman–Crippen MR) is 117 cm³/mol. The molecule has 0 amide bonds. The Morgan fingerprint density at radius 3 is 2.57 bits per heavy atom. The summed E-state index contributed by atoms with van der Waals surface area (Å²) in [6, 6.07) is 9.86. The third-order valence-corrected chi connectivity index (χ3v) is 6.37. The van der Waals surface area contributed by atoms with Crippen LogP contribution in [0.3, 0.4) is 0 Å². The van der Waals surface area contributed by atoms with Crippen LogP contribution in [-0.4, -0.2) is 21.9 Å². The van der Waals surface area contributed by atoms with Crippen molar-refractivity contribution in [1.82, 2.24) is 9.66 Å². The summed E-state index contributed by atoms with van der Waals surface area (Å²) >= 11 is 13.9. The molecule has 1 fully saturated rings. The molecule has 2 aromatic heterocycles. The van der Waals surface area contributed by atoms with E-state index < -0.39 is 0 Å². The molecule has 4 nitrogen and oxygen atoms in total. The van der Waals surface area contributed by atoms with Gasteiger partial charge >= 0.3 is 0 Å². The highest BCUT2D eigenvalue weighted by molar-refractivity contribution is 7.07. The highest BCUT2D eigenvalue weighted by atomic mass is 35.5. The van der Waals surface area contributed by atoms with Gasteiger partial charge in [-0.25, -0.2) is 4.68 Å². The van der Waals surface area contributed by atoms with Crippen LogP contribution in [-0.2, 0) is 0 Å². The first-order chi connectivity index (χ1) is 13.7. The second-order valence-electron chi connectivity index (χ2n) is 6.79. The van der Waals surface area contributed by atoms with Crippen molar-refractivity contribution in [3.63, 3.8) is 0 Å². The number of thiazole rings is 1. The quantitative estimate of drug-likeness (QED) is 0.465. The maximum absolute atomic E-state index is 6.24. The molecule has 0 aliphatic heterocycles. The Hall–Kier alpha value is -1.95. The molecule has 1 aromatic carbocycles. The van der Waals surface area contributed by atoms with E-state index in [1.54, 1.807) is 23.7 Å². The third kappa shape index (κ3) is 4.54. The summed E-state index contributed by atoms with van der Waals surface area (Å²) in [5, 5.41) is 7.88. The summed E-state index contributed by atoms with van der Waals surface area (Å²) in [7, 11) is 0. The molecule has 7 heteroatoms. The Morgan fingerprint density at radius 2 is 1.82 bits per heavy atom. The smallest absolute Gasteiger partial charge is 0.206 e. The van der Waals surface area contributed by atoms with Gasteiger partial charge in [0.1, 0.15) is 0 Å². The summed E-state index contributed by atoms with van der Waals surface area (Å²) in [6.07, 6.45) is 11.4. The molecule has 1 aliphatic carbocycles. The van der Waals surface area contributed by atoms with E-state index in [1.165, 1.54) is 19.3 Å². The van der Waals surface area contributed by atoms with Crippen LogP contribution in [0.15, 0.2) is 58.2 Å². The van der Waals surface area contributed by atoms with Crippen LogP contribution in [0, 0.1) is 0 Å². The lowest BCUT2D eigenvalue weighted by atomic mass is 9.96. The first-order valence-electron chi connectivity index (χ1n) is 9.35. The molecule has 1 saturated carbocycles. The fraction of sp³-hybridized carbons (Fsp3) is 0.286. The highest BCUT2D eigenvalue weighted by Gasteiger charge is 2.14. The van der Waals surface area contributed by atoms with Gasteiger partial charge in [-0.3, -0.25) is 9.98 Å². The monoisotopic (exact) mass is 430 g/mol. The number of pyridine rings is 1. The summed E-state index contributed by atoms with van der Waals surface area (Å²) in [5.41, 5.74) is 2.89. The van der Waals surface area contributed by atoms with Crippen molar-refractivity contribution in [3.8, 4) is 11.3 Å². The average molecular weight is 431 g/mol. The van der Waals surface area contributed by atoms with Gasteiger partial charge in [0.05, 0.1) is 28.0 Å². The molecule has 0 bridgehead atoms. The van der Waals surface area contributed by atoms with E-state index in [2.05, 4.69) is 10.4 Å². The van der Waals surface area contributed by atoms with Crippen molar-refractivity contribution < 1.29 is 0 Å². The molecular formula is C21H20Cl2N4S. The molecular weight excluding hydrogens is 411 g/mol. The van der Waals surface area contributed by atoms with E-state index in [9.17, 15) is 0 Å². The topological polar surface area (TPSA) is 42.5 Å². The summed E-state index contributed by atoms with van der Waals surface area (Å²) in [4.78, 5) is 9.97. The van der Waals surface area contributed by atoms with Crippen LogP contribution in [0.25, 0.3) is 11.3 Å². The van der Waals surface area contributed by atoms with Gasteiger partial charge in [-0.2, -0.15) is 5.10 Å². The van der Waals surface area contributed by atoms with Gasteiger partial charge in [-0.05, 0) is 42.7 Å². The van der Waals surface area contributed by atoms with Crippen LogP contribution in [0.4, 0.5) is 0 Å². The van der Waals surface area contributed by atoms with E-state index in [0.29, 0.717) is 16.1 Å². The van der Waals surface area contributed by atoms with E-state index in [4.69, 9.17) is 33.3 Å². The van der Waals surface area contributed by atoms with Crippen molar-refractivity contribution in [2.24, 2.45) is 10.1 Å². The lowest BCUT2D eigenvalue weighted by Crippen LogP contribution is -2.19. The number of halogens is 2. The van der Waals surface area contributed by atoms with Crippen molar-refractivity contribution in [2.45, 2.75) is 38.1 Å². The van der Waals surface area contributed by atoms with Crippen molar-refractivity contribution >= 4 is 40.8 Å². The Kier molecular flexibility index (Phi) is 6.25. The minimum Gasteiger partial charge on any atom is -0.265 e. The summed E-state index contributed by atoms with van der Waals surface area (Å²) < 4.78 is 1.90. The molecule has 3 aromatic rings. The van der Waals surface area contributed by atoms with Crippen LogP contribution in [0.2, 0.25) is 10.0 Å². The number of rotatable bonds is 4. The van der Waals surface area contributed by atoms with Gasteiger partial charge in [-0.15, -0.1) is 11.3 Å². The zero-order valence-electron chi connectivity index (χ0n) is 15.3. The van der Waals surface area contributed by atoms with Crippen LogP contribution < -0.4 is 4.80 Å². The molecule has 0 unspecified atom stereocenters. The lowest BCUT2D eigenvalue weighted by Gasteiger charge is -2.16. The molecule has 28 heavy (non-hydrogen) atoms. The van der Waals surface area contributed by atoms with Gasteiger partial charge in [-0.1, -0.05) is 48.5 Å². The predicted octanol–water partition coefficient (Wildman–Crippen LogP) is 6.03. The standard InChI is InChI=1S/C21H20Cl2N4S/c22-18-7-6-16(12-19(18)23)20-14-28-21(26-17-4-2-1-3-5-17)27(20)25-13-15-8-10-24-11-9-15/h6-14,17H,1-5H2. The van der Waals surface area contributed by atoms with Gasteiger partial charge < -0.3 is 0 Å². The first-order valence-corrected chi connectivity index (χ1v) is 11.0. The number of hydrogen-bond acceptors (Lipinski definition) is 4. The van der Waals surface area contributed by atoms with Crippen LogP contribution in [0.1, 0.15) is 37.7 Å². The van der Waals surface area contributed by atoms with Gasteiger partial charge in [0, 0.05) is 23.3 Å². The fourth-order valence-electron chi connectivity index (χ4n) is 3.29. The molecule has 0 saturated heterocycles. The minimum absolute atomic E-state index is 0.372. The second kappa shape index (κ2) is 9.03. The minimum atomic E-state index is 0.372. The Morgan fingerprint density at radius 1 is 1.04 bits per heavy atom. The van der Waals surface area contributed by atoms with Crippen molar-refractivity contribution in [2.75, 3.05) is 0 Å². The van der Waals surface area contributed by atoms with E-state index in [1.807, 2.05) is 41.2 Å². The maximum atomic E-state index is 6.24. The summed E-state index contributed by atoms with van der Waals surface area (Å²) in [5.74, 6) is 0. The van der Waals surface area contributed by atoms with Gasteiger partial charge in [0.25, 0.3) is 0 Å². The van der Waals surface area contributed by atoms with E-state index >= 15 is 0 Å². The zero-order chi connectivity index (χ0) is 19.3. The molecule has 0 atom stereocenters. The Bertz CT molecular complexity index is 1030. The van der Waals surface area contributed by atoms with E-state index in [-0.39, 0.29) is 0 Å². The molecule has 0 spiro atoms. The molecule has 2 heterocycles. The zero-order valence-corrected chi connectivity index (χ0v) is 17.6. The van der Waals surface area contributed by atoms with Gasteiger partial charge in [0.15, 0.2) is 0 Å². The Labute approximate surface area is 178 Å². The molecule has 0 N–H and O–H groups in total. The molecule has 1 aliphatic rings. The number of benzene rings is 1. The fourth-order valence-corrected chi connectivity index (χ4v) is 4.50. The average Bonchev–Trinajstić information content (AvgIpc) is 3.12. The third-order valence-electron chi connectivity index (χ3n) is 4.80. The van der Waals surface area contributed by atoms with Crippen molar-refractivity contribution in [1.29, 1.82) is 0 Å². The van der Waals surface area contributed by atoms with Crippen molar-refractivity contribution in [3.05, 3.63) is 68.5 Å². The molecule has 4 rings (SSSR count). The highest BCUT2D eigenvalue weighted by Crippen LogP contribution is 2.29. The largest absolute Gasteiger partial charge is 0.265 e. The molecule has 0 radical (unpaired) electrons. The number of hydrogen-bond donors (Lipinski definition) is 0. The normalized spacial score (nSPS) is 16.1. The number of nitrogens with zero attached hydrogens (tertiary/aromatic N) is 4. The van der Waals surface area contributed by atoms with E-state index in [0.717, 1.165) is 34.5 Å². The maximum Gasteiger partial charge on any atom is 0.206 e. The lowest BCUT2D eigenvalue weighted by molar-refractivity contribution is 0.435. The van der Waals surface area contributed by atoms with Crippen LogP contribution >= 0.6 is 34.5 Å². The number of aromatic nitrogens is 2. The SMILES string of the molecule is Clc1ccc(-c2csc(=NC3CCCCC3)n2N=Cc2ccncc2)cc1Cl. The second-order valence-corrected chi connectivity index (χ2v) is 8.44. The Balaban J connectivity index is 1.78. The summed E-state index contributed by atoms with van der Waals surface area (Å²) in [6.45, 7) is 0.